The topological polar surface area (TPSA) is 46.9 Å². The zero-order valence-electron chi connectivity index (χ0n) is 12.0. The van der Waals surface area contributed by atoms with Crippen LogP contribution in [0.5, 0.6) is 0 Å². The number of aliphatic hydroxyl groups excluding tert-OH is 2. The lowest BCUT2D eigenvalue weighted by molar-refractivity contribution is 0.135. The van der Waals surface area contributed by atoms with Gasteiger partial charge in [0.25, 0.3) is 0 Å². The van der Waals surface area contributed by atoms with Crippen LogP contribution in [-0.4, -0.2) is 61.1 Å². The summed E-state index contributed by atoms with van der Waals surface area (Å²) in [4.78, 5) is 4.68. The molecule has 1 aromatic rings. The summed E-state index contributed by atoms with van der Waals surface area (Å²) in [7, 11) is 0. The number of aliphatic hydroxyl groups is 2. The van der Waals surface area contributed by atoms with Crippen LogP contribution in [0.2, 0.25) is 0 Å². The number of likely N-dealkylation sites (tertiary alicyclic amines) is 1. The van der Waals surface area contributed by atoms with Gasteiger partial charge in [-0.3, -0.25) is 0 Å². The van der Waals surface area contributed by atoms with Crippen molar-refractivity contribution in [1.29, 1.82) is 0 Å². The minimum absolute atomic E-state index is 0.209. The second kappa shape index (κ2) is 5.72. The van der Waals surface area contributed by atoms with E-state index in [1.807, 2.05) is 0 Å². The molecule has 4 heteroatoms. The summed E-state index contributed by atoms with van der Waals surface area (Å²) in [6, 6.07) is 8.65. The normalized spacial score (nSPS) is 21.4. The number of benzene rings is 1. The Morgan fingerprint density at radius 1 is 1.00 bits per heavy atom. The number of nitrogens with zero attached hydrogens (tertiary/aromatic N) is 2. The van der Waals surface area contributed by atoms with Gasteiger partial charge in [0.1, 0.15) is 0 Å². The number of rotatable bonds is 4. The summed E-state index contributed by atoms with van der Waals surface area (Å²) in [5.74, 6) is 0. The molecule has 1 fully saturated rings. The Kier molecular flexibility index (Phi) is 3.96. The fraction of sp³-hybridized carbons (Fsp3) is 0.625. The van der Waals surface area contributed by atoms with Crippen LogP contribution >= 0.6 is 0 Å². The second-order valence-corrected chi connectivity index (χ2v) is 6.01. The Balaban J connectivity index is 1.81. The lowest BCUT2D eigenvalue weighted by atomic mass is 9.74. The van der Waals surface area contributed by atoms with Crippen LogP contribution in [0.3, 0.4) is 0 Å². The molecule has 3 rings (SSSR count). The van der Waals surface area contributed by atoms with Gasteiger partial charge in [-0.15, -0.1) is 0 Å². The highest BCUT2D eigenvalue weighted by atomic mass is 16.3. The zero-order chi connectivity index (χ0) is 14.0. The molecule has 0 bridgehead atoms. The Labute approximate surface area is 120 Å². The summed E-state index contributed by atoms with van der Waals surface area (Å²) in [5.41, 5.74) is 3.01. The Hall–Kier alpha value is -1.10. The van der Waals surface area contributed by atoms with Crippen LogP contribution in [-0.2, 0) is 5.41 Å². The van der Waals surface area contributed by atoms with Gasteiger partial charge in [-0.1, -0.05) is 18.2 Å². The van der Waals surface area contributed by atoms with E-state index >= 15 is 0 Å². The number of anilines is 1. The molecular formula is C16H24N2O2. The molecule has 0 unspecified atom stereocenters. The molecule has 1 aromatic carbocycles. The monoisotopic (exact) mass is 276 g/mol. The van der Waals surface area contributed by atoms with E-state index in [2.05, 4.69) is 34.1 Å². The molecular weight excluding hydrogens is 252 g/mol. The average molecular weight is 276 g/mol. The van der Waals surface area contributed by atoms with Gasteiger partial charge in [0, 0.05) is 30.7 Å². The van der Waals surface area contributed by atoms with E-state index in [9.17, 15) is 5.11 Å². The van der Waals surface area contributed by atoms with Crippen LogP contribution < -0.4 is 4.90 Å². The first-order chi connectivity index (χ1) is 9.79. The molecule has 1 spiro atoms. The molecule has 0 amide bonds. The third kappa shape index (κ3) is 2.32. The van der Waals surface area contributed by atoms with E-state index < -0.39 is 0 Å². The number of hydrogen-bond acceptors (Lipinski definition) is 4. The maximum absolute atomic E-state index is 9.27. The zero-order valence-corrected chi connectivity index (χ0v) is 12.0. The van der Waals surface area contributed by atoms with Crippen LogP contribution in [0.4, 0.5) is 5.69 Å². The number of para-hydroxylation sites is 1. The number of piperidine rings is 1. The van der Waals surface area contributed by atoms with E-state index in [4.69, 9.17) is 5.11 Å². The van der Waals surface area contributed by atoms with Gasteiger partial charge in [0.2, 0.25) is 0 Å². The van der Waals surface area contributed by atoms with E-state index in [0.29, 0.717) is 0 Å². The van der Waals surface area contributed by atoms with Crippen molar-refractivity contribution in [2.24, 2.45) is 0 Å². The molecule has 0 atom stereocenters. The summed E-state index contributed by atoms with van der Waals surface area (Å²) < 4.78 is 0. The van der Waals surface area contributed by atoms with Crippen LogP contribution in [0, 0.1) is 0 Å². The first-order valence-electron chi connectivity index (χ1n) is 7.58. The van der Waals surface area contributed by atoms with Crippen molar-refractivity contribution in [3.05, 3.63) is 29.8 Å². The van der Waals surface area contributed by atoms with E-state index in [-0.39, 0.29) is 18.6 Å². The standard InChI is InChI=1S/C16H24N2O2/c19-11-9-17-7-5-16(6-8-17)13-18(10-12-20)15-4-2-1-3-14(15)16/h1-4,19-20H,5-13H2. The van der Waals surface area contributed by atoms with E-state index in [1.54, 1.807) is 0 Å². The van der Waals surface area contributed by atoms with Crippen molar-refractivity contribution in [3.63, 3.8) is 0 Å². The molecule has 0 aromatic heterocycles. The summed E-state index contributed by atoms with van der Waals surface area (Å²) in [6.07, 6.45) is 2.29. The third-order valence-corrected chi connectivity index (χ3v) is 4.91. The molecule has 20 heavy (non-hydrogen) atoms. The number of hydrogen-bond donors (Lipinski definition) is 2. The molecule has 0 aliphatic carbocycles. The molecule has 4 nitrogen and oxygen atoms in total. The Morgan fingerprint density at radius 3 is 2.40 bits per heavy atom. The highest BCUT2D eigenvalue weighted by Crippen LogP contribution is 2.46. The molecule has 2 N–H and O–H groups in total. The van der Waals surface area contributed by atoms with Crippen molar-refractivity contribution >= 4 is 5.69 Å². The summed E-state index contributed by atoms with van der Waals surface area (Å²) >= 11 is 0. The van der Waals surface area contributed by atoms with Gasteiger partial charge in [-0.2, -0.15) is 0 Å². The van der Waals surface area contributed by atoms with Crippen molar-refractivity contribution in [1.82, 2.24) is 4.90 Å². The molecule has 110 valence electrons. The lowest BCUT2D eigenvalue weighted by Crippen LogP contribution is -2.46. The summed E-state index contributed by atoms with van der Waals surface area (Å²) in [6.45, 7) is 5.11. The number of fused-ring (bicyclic) bond motifs is 2. The Bertz CT molecular complexity index is 456. The first-order valence-corrected chi connectivity index (χ1v) is 7.58. The highest BCUT2D eigenvalue weighted by molar-refractivity contribution is 5.62. The maximum Gasteiger partial charge on any atom is 0.0606 e. The van der Waals surface area contributed by atoms with Crippen LogP contribution in [0.1, 0.15) is 18.4 Å². The first kappa shape index (κ1) is 13.9. The van der Waals surface area contributed by atoms with Crippen LogP contribution in [0.25, 0.3) is 0 Å². The third-order valence-electron chi connectivity index (χ3n) is 4.91. The van der Waals surface area contributed by atoms with Gasteiger partial charge in [0.15, 0.2) is 0 Å². The number of β-amino-alcohol motifs (C(OH)–C–C–N with tert-alkyl or cyclic N) is 2. The quantitative estimate of drug-likeness (QED) is 0.855. The minimum atomic E-state index is 0.209. The fourth-order valence-corrected chi connectivity index (χ4v) is 3.83. The Morgan fingerprint density at radius 2 is 1.70 bits per heavy atom. The van der Waals surface area contributed by atoms with Crippen LogP contribution in [0.15, 0.2) is 24.3 Å². The lowest BCUT2D eigenvalue weighted by Gasteiger charge is -2.39. The highest BCUT2D eigenvalue weighted by Gasteiger charge is 2.43. The van der Waals surface area contributed by atoms with E-state index in [0.717, 1.165) is 45.6 Å². The fourth-order valence-electron chi connectivity index (χ4n) is 3.83. The smallest absolute Gasteiger partial charge is 0.0606 e. The SMILES string of the molecule is OCCN1CCC2(CC1)CN(CCO)c1ccccc12. The predicted molar refractivity (Wildman–Crippen MR) is 80.2 cm³/mol. The maximum atomic E-state index is 9.27. The minimum Gasteiger partial charge on any atom is -0.395 e. The van der Waals surface area contributed by atoms with Gasteiger partial charge in [-0.25, -0.2) is 0 Å². The van der Waals surface area contributed by atoms with Gasteiger partial charge >= 0.3 is 0 Å². The summed E-state index contributed by atoms with van der Waals surface area (Å²) in [5, 5.41) is 18.3. The van der Waals surface area contributed by atoms with Crippen molar-refractivity contribution < 1.29 is 10.2 Å². The van der Waals surface area contributed by atoms with Gasteiger partial charge in [0.05, 0.1) is 13.2 Å². The molecule has 2 heterocycles. The molecule has 2 aliphatic rings. The second-order valence-electron chi connectivity index (χ2n) is 6.01. The van der Waals surface area contributed by atoms with Crippen molar-refractivity contribution in [2.75, 3.05) is 50.8 Å². The van der Waals surface area contributed by atoms with Crippen molar-refractivity contribution in [3.8, 4) is 0 Å². The average Bonchev–Trinajstić information content (AvgIpc) is 2.77. The van der Waals surface area contributed by atoms with Gasteiger partial charge < -0.3 is 20.0 Å². The van der Waals surface area contributed by atoms with Gasteiger partial charge in [-0.05, 0) is 37.6 Å². The molecule has 0 saturated carbocycles. The van der Waals surface area contributed by atoms with Crippen molar-refractivity contribution in [2.45, 2.75) is 18.3 Å². The van der Waals surface area contributed by atoms with E-state index in [1.165, 1.54) is 11.3 Å². The predicted octanol–water partition coefficient (Wildman–Crippen LogP) is 0.825. The largest absolute Gasteiger partial charge is 0.395 e. The molecule has 1 saturated heterocycles. The molecule has 0 radical (unpaired) electrons. The molecule has 2 aliphatic heterocycles.